The number of nitrogens with one attached hydrogen (secondary N) is 2. The highest BCUT2D eigenvalue weighted by atomic mass is 31.2. The first-order chi connectivity index (χ1) is 12.0. The molecule has 3 aliphatic heterocycles. The van der Waals surface area contributed by atoms with Crippen molar-refractivity contribution >= 4 is 32.7 Å². The van der Waals surface area contributed by atoms with Gasteiger partial charge in [0, 0.05) is 13.1 Å². The van der Waals surface area contributed by atoms with E-state index in [1.165, 1.54) is 6.33 Å². The molecule has 11 nitrogen and oxygen atoms in total. The molecule has 4 heterocycles. The molecule has 0 aromatic carbocycles. The van der Waals surface area contributed by atoms with Gasteiger partial charge in [-0.05, 0) is 0 Å². The molecule has 2 fully saturated rings. The van der Waals surface area contributed by atoms with Crippen molar-refractivity contribution in [3.63, 3.8) is 0 Å². The third kappa shape index (κ3) is 3.04. The monoisotopic (exact) mass is 369 g/mol. The lowest BCUT2D eigenvalue weighted by Gasteiger charge is -2.28. The number of aliphatic hydroxyl groups excluding tert-OH is 1. The molecule has 1 aromatic rings. The third-order valence-corrected chi connectivity index (χ3v) is 5.34. The van der Waals surface area contributed by atoms with Gasteiger partial charge in [-0.15, -0.1) is 0 Å². The first-order valence-electron chi connectivity index (χ1n) is 7.86. The molecule has 4 unspecified atom stereocenters. The van der Waals surface area contributed by atoms with Crippen molar-refractivity contribution in [1.29, 1.82) is 0 Å². The smallest absolute Gasteiger partial charge is 0.385 e. The number of nitrogens with zero attached hydrogens (tertiary/aromatic N) is 3. The van der Waals surface area contributed by atoms with Gasteiger partial charge in [0.1, 0.15) is 30.8 Å². The fraction of sp³-hybridized carbons (Fsp3) is 0.667. The van der Waals surface area contributed by atoms with E-state index in [9.17, 15) is 10.00 Å². The highest BCUT2D eigenvalue weighted by Gasteiger charge is 2.58. The lowest BCUT2D eigenvalue weighted by atomic mass is 10.1. The van der Waals surface area contributed by atoms with Crippen LogP contribution in [-0.4, -0.2) is 78.4 Å². The van der Waals surface area contributed by atoms with Crippen LogP contribution in [0.15, 0.2) is 6.33 Å². The zero-order valence-corrected chi connectivity index (χ0v) is 14.2. The minimum Gasteiger partial charge on any atom is -0.385 e. The Hall–Kier alpha value is -1.27. The predicted molar refractivity (Wildman–Crippen MR) is 90.9 cm³/mol. The average molecular weight is 369 g/mol. The zero-order valence-electron chi connectivity index (χ0n) is 13.3. The van der Waals surface area contributed by atoms with Gasteiger partial charge in [-0.1, -0.05) is 0 Å². The maximum Gasteiger partial charge on any atom is 0.488 e. The number of anilines is 3. The number of hydrogen-bond donors (Lipinski definition) is 5. The minimum atomic E-state index is -3.41. The zero-order chi connectivity index (χ0) is 17.6. The van der Waals surface area contributed by atoms with Crippen molar-refractivity contribution in [2.75, 3.05) is 41.9 Å². The number of ether oxygens (including phenoxy) is 1. The van der Waals surface area contributed by atoms with Crippen LogP contribution in [0, 0.1) is 0 Å². The van der Waals surface area contributed by atoms with E-state index in [1.54, 1.807) is 4.90 Å². The van der Waals surface area contributed by atoms with E-state index in [2.05, 4.69) is 20.6 Å². The van der Waals surface area contributed by atoms with Crippen LogP contribution in [0.2, 0.25) is 0 Å². The van der Waals surface area contributed by atoms with E-state index < -0.39 is 32.4 Å². The molecule has 4 rings (SSSR count). The standard InChI is InChI=1S/C12H19BN6O5P/c13-25(21)22-3-6-9(24-25)8(20)12(23-6)19-5-18-7-10(15-2-1-14)16-4-17-11(7)19/h4,6,8-9,12,18,20-21H,1-3,5,14H2,(H,15,16,17)/q+1/t6?,8?,9-,12?,25?/m1/s1. The normalized spacial score (nSPS) is 36.7. The summed E-state index contributed by atoms with van der Waals surface area (Å²) in [7, 11) is 2.12. The van der Waals surface area contributed by atoms with Gasteiger partial charge in [-0.25, -0.2) is 14.9 Å². The SMILES string of the molecule is [B][P+]1(O)OCC2OC(N3CNc4c(NCCN)ncnc43)C(O)[C@@H]2O1. The molecular weight excluding hydrogens is 350 g/mol. The molecule has 6 N–H and O–H groups in total. The first kappa shape index (κ1) is 17.2. The number of hydrogen-bond acceptors (Lipinski definition) is 11. The Kier molecular flexibility index (Phi) is 4.44. The van der Waals surface area contributed by atoms with Crippen LogP contribution in [0.5, 0.6) is 0 Å². The Labute approximate surface area is 145 Å². The summed E-state index contributed by atoms with van der Waals surface area (Å²) < 4.78 is 16.3. The van der Waals surface area contributed by atoms with Gasteiger partial charge in [0.05, 0.1) is 6.67 Å². The van der Waals surface area contributed by atoms with Gasteiger partial charge >= 0.3 is 15.4 Å². The van der Waals surface area contributed by atoms with Crippen molar-refractivity contribution in [2.24, 2.45) is 5.73 Å². The van der Waals surface area contributed by atoms with Gasteiger partial charge in [0.25, 0.3) is 0 Å². The fourth-order valence-electron chi connectivity index (χ4n) is 3.16. The van der Waals surface area contributed by atoms with Crippen LogP contribution in [0.1, 0.15) is 0 Å². The largest absolute Gasteiger partial charge is 0.488 e. The summed E-state index contributed by atoms with van der Waals surface area (Å²) in [6.45, 7) is 1.47. The van der Waals surface area contributed by atoms with Crippen molar-refractivity contribution in [2.45, 2.75) is 24.5 Å². The molecule has 0 amide bonds. The Balaban J connectivity index is 1.55. The predicted octanol–water partition coefficient (Wildman–Crippen LogP) is -1.62. The van der Waals surface area contributed by atoms with Crippen molar-refractivity contribution in [3.05, 3.63) is 6.33 Å². The van der Waals surface area contributed by atoms with E-state index in [1.807, 2.05) is 0 Å². The van der Waals surface area contributed by atoms with Gasteiger partial charge < -0.3 is 31.1 Å². The lowest BCUT2D eigenvalue weighted by molar-refractivity contribution is -0.0440. The summed E-state index contributed by atoms with van der Waals surface area (Å²) in [4.78, 5) is 20.0. The first-order valence-corrected chi connectivity index (χ1v) is 9.51. The molecule has 5 atom stereocenters. The summed E-state index contributed by atoms with van der Waals surface area (Å²) in [6, 6.07) is 0. The molecule has 25 heavy (non-hydrogen) atoms. The molecule has 13 heteroatoms. The Morgan fingerprint density at radius 3 is 3.16 bits per heavy atom. The topological polar surface area (TPSA) is 147 Å². The summed E-state index contributed by atoms with van der Waals surface area (Å²) >= 11 is 0. The van der Waals surface area contributed by atoms with Gasteiger partial charge in [-0.2, -0.15) is 9.05 Å². The van der Waals surface area contributed by atoms with E-state index >= 15 is 0 Å². The number of nitrogens with two attached hydrogens (primary N) is 1. The van der Waals surface area contributed by atoms with Crippen molar-refractivity contribution in [1.82, 2.24) is 9.97 Å². The van der Waals surface area contributed by atoms with E-state index in [4.69, 9.17) is 27.1 Å². The van der Waals surface area contributed by atoms with Gasteiger partial charge in [0.2, 0.25) is 0 Å². The molecule has 2 radical (unpaired) electrons. The van der Waals surface area contributed by atoms with Crippen LogP contribution in [0.25, 0.3) is 0 Å². The minimum absolute atomic E-state index is 0.0558. The molecule has 3 aliphatic rings. The van der Waals surface area contributed by atoms with E-state index in [-0.39, 0.29) is 6.61 Å². The second-order valence-electron chi connectivity index (χ2n) is 5.93. The van der Waals surface area contributed by atoms with Crippen LogP contribution < -0.4 is 21.3 Å². The highest BCUT2D eigenvalue weighted by molar-refractivity contribution is 7.85. The second kappa shape index (κ2) is 6.47. The number of rotatable bonds is 4. The van der Waals surface area contributed by atoms with E-state index in [0.717, 1.165) is 0 Å². The summed E-state index contributed by atoms with van der Waals surface area (Å²) in [6.07, 6.45) is -1.60. The van der Waals surface area contributed by atoms with Crippen molar-refractivity contribution in [3.8, 4) is 0 Å². The van der Waals surface area contributed by atoms with Gasteiger partial charge in [0.15, 0.2) is 24.0 Å². The van der Waals surface area contributed by atoms with E-state index in [0.29, 0.717) is 37.1 Å². The Morgan fingerprint density at radius 2 is 2.36 bits per heavy atom. The van der Waals surface area contributed by atoms with Crippen LogP contribution in [0.4, 0.5) is 17.3 Å². The lowest BCUT2D eigenvalue weighted by Crippen LogP contribution is -2.45. The van der Waals surface area contributed by atoms with Gasteiger partial charge in [-0.3, -0.25) is 0 Å². The molecular formula is C12H19BN6O5P+. The highest BCUT2D eigenvalue weighted by Crippen LogP contribution is 2.58. The molecule has 1 aromatic heterocycles. The maximum absolute atomic E-state index is 10.6. The van der Waals surface area contributed by atoms with Crippen LogP contribution in [-0.2, 0) is 13.8 Å². The summed E-state index contributed by atoms with van der Waals surface area (Å²) in [5.74, 6) is 1.22. The molecule has 0 aliphatic carbocycles. The third-order valence-electron chi connectivity index (χ3n) is 4.28. The molecule has 0 saturated carbocycles. The quantitative estimate of drug-likeness (QED) is 0.308. The summed E-state index contributed by atoms with van der Waals surface area (Å²) in [5.41, 5.74) is 6.22. The molecule has 2 saturated heterocycles. The molecule has 0 bridgehead atoms. The Bertz CT molecular complexity index is 656. The molecule has 134 valence electrons. The number of fused-ring (bicyclic) bond motifs is 2. The van der Waals surface area contributed by atoms with Crippen LogP contribution >= 0.6 is 7.82 Å². The maximum atomic E-state index is 10.6. The Morgan fingerprint density at radius 1 is 1.52 bits per heavy atom. The molecule has 0 spiro atoms. The average Bonchev–Trinajstić information content (AvgIpc) is 3.14. The van der Waals surface area contributed by atoms with Crippen LogP contribution in [0.3, 0.4) is 0 Å². The second-order valence-corrected chi connectivity index (χ2v) is 7.52. The number of aliphatic hydroxyl groups is 1. The number of aromatic nitrogens is 2. The summed E-state index contributed by atoms with van der Waals surface area (Å²) in [5, 5.41) is 16.9. The fourth-order valence-corrected chi connectivity index (χ4v) is 4.19. The van der Waals surface area contributed by atoms with Crippen molar-refractivity contribution < 1.29 is 23.8 Å².